The molecule has 0 spiro atoms. The van der Waals surface area contributed by atoms with Crippen LogP contribution in [-0.2, 0) is 14.8 Å². The lowest BCUT2D eigenvalue weighted by Crippen LogP contribution is -2.12. The second-order valence-corrected chi connectivity index (χ2v) is 6.95. The molecule has 2 rings (SSSR count). The molecule has 2 N–H and O–H groups in total. The number of anilines is 1. The Balaban J connectivity index is 2.27. The Morgan fingerprint density at radius 3 is 2.45 bits per heavy atom. The van der Waals surface area contributed by atoms with Gasteiger partial charge in [-0.25, -0.2) is 13.2 Å². The third-order valence-corrected chi connectivity index (χ3v) is 4.59. The summed E-state index contributed by atoms with van der Waals surface area (Å²) in [4.78, 5) is 10.6. The van der Waals surface area contributed by atoms with Gasteiger partial charge in [0.15, 0.2) is 0 Å². The Morgan fingerprint density at radius 2 is 1.82 bits per heavy atom. The van der Waals surface area contributed by atoms with Crippen LogP contribution in [0.15, 0.2) is 64.0 Å². The van der Waals surface area contributed by atoms with E-state index in [1.807, 2.05) is 0 Å². The second kappa shape index (κ2) is 6.76. The van der Waals surface area contributed by atoms with Gasteiger partial charge >= 0.3 is 5.97 Å². The summed E-state index contributed by atoms with van der Waals surface area (Å²) < 4.78 is 27.9. The van der Waals surface area contributed by atoms with Crippen molar-refractivity contribution in [2.45, 2.75) is 4.90 Å². The fraction of sp³-hybridized carbons (Fsp3) is 0. The van der Waals surface area contributed by atoms with Crippen molar-refractivity contribution in [3.8, 4) is 0 Å². The van der Waals surface area contributed by atoms with E-state index in [1.54, 1.807) is 36.4 Å². The molecule has 2 aromatic carbocycles. The van der Waals surface area contributed by atoms with Gasteiger partial charge in [0.25, 0.3) is 10.0 Å². The predicted molar refractivity (Wildman–Crippen MR) is 88.1 cm³/mol. The Kier molecular flexibility index (Phi) is 4.99. The average molecular weight is 382 g/mol. The Labute approximate surface area is 136 Å². The summed E-state index contributed by atoms with van der Waals surface area (Å²) in [7, 11) is -3.73. The number of carbonyl (C=O) groups is 1. The van der Waals surface area contributed by atoms with Crippen LogP contribution in [0.5, 0.6) is 0 Å². The van der Waals surface area contributed by atoms with E-state index in [-0.39, 0.29) is 4.90 Å². The molecule has 0 heterocycles. The van der Waals surface area contributed by atoms with E-state index in [2.05, 4.69) is 20.7 Å². The van der Waals surface area contributed by atoms with Gasteiger partial charge in [-0.2, -0.15) is 0 Å². The zero-order valence-corrected chi connectivity index (χ0v) is 13.6. The molecule has 0 amide bonds. The van der Waals surface area contributed by atoms with Crippen LogP contribution in [0.1, 0.15) is 5.56 Å². The number of sulfonamides is 1. The van der Waals surface area contributed by atoms with Crippen LogP contribution < -0.4 is 4.72 Å². The number of rotatable bonds is 5. The highest BCUT2D eigenvalue weighted by Gasteiger charge is 2.14. The lowest BCUT2D eigenvalue weighted by atomic mass is 10.2. The first-order valence-corrected chi connectivity index (χ1v) is 8.44. The fourth-order valence-corrected chi connectivity index (χ4v) is 3.06. The smallest absolute Gasteiger partial charge is 0.328 e. The third kappa shape index (κ3) is 4.44. The summed E-state index contributed by atoms with van der Waals surface area (Å²) >= 11 is 3.28. The summed E-state index contributed by atoms with van der Waals surface area (Å²) in [5.41, 5.74) is 0.927. The molecule has 5 nitrogen and oxygen atoms in total. The van der Waals surface area contributed by atoms with Crippen molar-refractivity contribution >= 4 is 43.7 Å². The Morgan fingerprint density at radius 1 is 1.14 bits per heavy atom. The molecule has 7 heteroatoms. The fourth-order valence-electron chi connectivity index (χ4n) is 1.68. The molecule has 0 aliphatic rings. The second-order valence-electron chi connectivity index (χ2n) is 4.36. The van der Waals surface area contributed by atoms with Crippen LogP contribution in [0.4, 0.5) is 5.69 Å². The van der Waals surface area contributed by atoms with E-state index in [1.165, 1.54) is 18.2 Å². The zero-order valence-electron chi connectivity index (χ0n) is 11.2. The molecule has 0 bridgehead atoms. The minimum absolute atomic E-state index is 0.0583. The molecule has 22 heavy (non-hydrogen) atoms. The number of carboxylic acid groups (broad SMARTS) is 1. The van der Waals surface area contributed by atoms with Crippen molar-refractivity contribution < 1.29 is 18.3 Å². The number of benzene rings is 2. The van der Waals surface area contributed by atoms with Gasteiger partial charge in [0.2, 0.25) is 0 Å². The lowest BCUT2D eigenvalue weighted by Gasteiger charge is -2.08. The van der Waals surface area contributed by atoms with Gasteiger partial charge in [-0.1, -0.05) is 28.1 Å². The first-order valence-electron chi connectivity index (χ1n) is 6.16. The van der Waals surface area contributed by atoms with E-state index < -0.39 is 16.0 Å². The minimum atomic E-state index is -3.73. The maximum atomic E-state index is 12.3. The van der Waals surface area contributed by atoms with Gasteiger partial charge in [0.05, 0.1) is 4.90 Å². The SMILES string of the molecule is O=C(O)C=Cc1cccc(S(=O)(=O)Nc2ccc(Br)cc2)c1. The van der Waals surface area contributed by atoms with Gasteiger partial charge in [-0.05, 0) is 48.0 Å². The molecule has 0 unspecified atom stereocenters. The van der Waals surface area contributed by atoms with E-state index in [4.69, 9.17) is 5.11 Å². The van der Waals surface area contributed by atoms with Crippen LogP contribution in [0.3, 0.4) is 0 Å². The maximum absolute atomic E-state index is 12.3. The van der Waals surface area contributed by atoms with E-state index in [0.29, 0.717) is 11.3 Å². The molecule has 0 saturated heterocycles. The van der Waals surface area contributed by atoms with Crippen LogP contribution in [-0.4, -0.2) is 19.5 Å². The summed E-state index contributed by atoms with van der Waals surface area (Å²) in [6.07, 6.45) is 2.29. The molecule has 0 radical (unpaired) electrons. The van der Waals surface area contributed by atoms with Gasteiger partial charge in [-0.15, -0.1) is 0 Å². The van der Waals surface area contributed by atoms with Crippen molar-refractivity contribution in [2.75, 3.05) is 4.72 Å². The lowest BCUT2D eigenvalue weighted by molar-refractivity contribution is -0.131. The largest absolute Gasteiger partial charge is 0.478 e. The Bertz CT molecular complexity index is 814. The highest BCUT2D eigenvalue weighted by atomic mass is 79.9. The standard InChI is InChI=1S/C15H12BrNO4S/c16-12-5-7-13(8-6-12)17-22(20,21)14-3-1-2-11(10-14)4-9-15(18)19/h1-10,17H,(H,18,19). The molecular weight excluding hydrogens is 370 g/mol. The quantitative estimate of drug-likeness (QED) is 0.777. The van der Waals surface area contributed by atoms with Crippen molar-refractivity contribution in [3.05, 3.63) is 64.6 Å². The summed E-state index contributed by atoms with van der Waals surface area (Å²) in [6.45, 7) is 0. The maximum Gasteiger partial charge on any atom is 0.328 e. The van der Waals surface area contributed by atoms with Crippen LogP contribution in [0, 0.1) is 0 Å². The highest BCUT2D eigenvalue weighted by Crippen LogP contribution is 2.19. The number of hydrogen-bond donors (Lipinski definition) is 2. The van der Waals surface area contributed by atoms with E-state index in [0.717, 1.165) is 10.5 Å². The molecule has 0 fully saturated rings. The number of halogens is 1. The van der Waals surface area contributed by atoms with E-state index in [9.17, 15) is 13.2 Å². The number of carboxylic acids is 1. The van der Waals surface area contributed by atoms with Crippen molar-refractivity contribution in [1.82, 2.24) is 0 Å². The normalized spacial score (nSPS) is 11.5. The molecule has 0 saturated carbocycles. The van der Waals surface area contributed by atoms with Crippen molar-refractivity contribution in [1.29, 1.82) is 0 Å². The summed E-state index contributed by atoms with van der Waals surface area (Å²) in [5, 5.41) is 8.60. The first kappa shape index (κ1) is 16.3. The van der Waals surface area contributed by atoms with E-state index >= 15 is 0 Å². The summed E-state index contributed by atoms with van der Waals surface area (Å²) in [6, 6.07) is 12.7. The molecule has 0 aromatic heterocycles. The molecular formula is C15H12BrNO4S. The molecule has 114 valence electrons. The zero-order chi connectivity index (χ0) is 16.2. The topological polar surface area (TPSA) is 83.5 Å². The first-order chi connectivity index (χ1) is 10.4. The highest BCUT2D eigenvalue weighted by molar-refractivity contribution is 9.10. The predicted octanol–water partition coefficient (Wildman–Crippen LogP) is 3.35. The van der Waals surface area contributed by atoms with Crippen molar-refractivity contribution in [2.24, 2.45) is 0 Å². The van der Waals surface area contributed by atoms with Gasteiger partial charge in [0.1, 0.15) is 0 Å². The molecule has 2 aromatic rings. The molecule has 0 atom stereocenters. The Hall–Kier alpha value is -2.12. The van der Waals surface area contributed by atoms with Crippen LogP contribution in [0.25, 0.3) is 6.08 Å². The van der Waals surface area contributed by atoms with Gasteiger partial charge in [0, 0.05) is 16.2 Å². The monoisotopic (exact) mass is 381 g/mol. The minimum Gasteiger partial charge on any atom is -0.478 e. The number of hydrogen-bond acceptors (Lipinski definition) is 3. The van der Waals surface area contributed by atoms with Crippen LogP contribution >= 0.6 is 15.9 Å². The van der Waals surface area contributed by atoms with Gasteiger partial charge < -0.3 is 5.11 Å². The van der Waals surface area contributed by atoms with Gasteiger partial charge in [-0.3, -0.25) is 4.72 Å². The number of nitrogens with one attached hydrogen (secondary N) is 1. The van der Waals surface area contributed by atoms with Crippen molar-refractivity contribution in [3.63, 3.8) is 0 Å². The third-order valence-electron chi connectivity index (χ3n) is 2.68. The average Bonchev–Trinajstić information content (AvgIpc) is 2.48. The number of aliphatic carboxylic acids is 1. The van der Waals surface area contributed by atoms with Crippen LogP contribution in [0.2, 0.25) is 0 Å². The molecule has 0 aliphatic heterocycles. The molecule has 0 aliphatic carbocycles. The summed E-state index contributed by atoms with van der Waals surface area (Å²) in [5.74, 6) is -1.10.